The largest absolute Gasteiger partial charge is 0.340 e. The SMILES string of the molecule is CCN1CCCCC(CN2CC(C)(C)CCC(NC)C2=O)C1. The van der Waals surface area contributed by atoms with Gasteiger partial charge >= 0.3 is 0 Å². The van der Waals surface area contributed by atoms with Crippen molar-refractivity contribution in [2.75, 3.05) is 39.8 Å². The molecule has 0 bridgehead atoms. The third-order valence-corrected chi connectivity index (χ3v) is 5.47. The van der Waals surface area contributed by atoms with Crippen molar-refractivity contribution in [2.45, 2.75) is 58.9 Å². The lowest BCUT2D eigenvalue weighted by molar-refractivity contribution is -0.134. The van der Waals surface area contributed by atoms with Gasteiger partial charge in [-0.25, -0.2) is 0 Å². The first-order chi connectivity index (χ1) is 10.4. The summed E-state index contributed by atoms with van der Waals surface area (Å²) in [6.45, 7) is 12.2. The summed E-state index contributed by atoms with van der Waals surface area (Å²) in [4.78, 5) is 17.5. The number of nitrogens with one attached hydrogen (secondary N) is 1. The van der Waals surface area contributed by atoms with Gasteiger partial charge in [-0.05, 0) is 57.2 Å². The van der Waals surface area contributed by atoms with Crippen LogP contribution >= 0.6 is 0 Å². The second-order valence-electron chi connectivity index (χ2n) is 8.02. The minimum absolute atomic E-state index is 0.00910. The van der Waals surface area contributed by atoms with Gasteiger partial charge in [0, 0.05) is 19.6 Å². The normalized spacial score (nSPS) is 30.9. The number of rotatable bonds is 4. The van der Waals surface area contributed by atoms with Crippen LogP contribution < -0.4 is 5.32 Å². The second kappa shape index (κ2) is 7.78. The average Bonchev–Trinajstić information content (AvgIpc) is 2.76. The summed E-state index contributed by atoms with van der Waals surface area (Å²) in [5.41, 5.74) is 0.233. The Hall–Kier alpha value is -0.610. The summed E-state index contributed by atoms with van der Waals surface area (Å²) >= 11 is 0. The predicted molar refractivity (Wildman–Crippen MR) is 91.9 cm³/mol. The summed E-state index contributed by atoms with van der Waals surface area (Å²) in [6.07, 6.45) is 5.97. The Morgan fingerprint density at radius 1 is 1.27 bits per heavy atom. The summed E-state index contributed by atoms with van der Waals surface area (Å²) in [5.74, 6) is 0.957. The van der Waals surface area contributed by atoms with E-state index in [4.69, 9.17) is 0 Å². The molecule has 22 heavy (non-hydrogen) atoms. The average molecular weight is 309 g/mol. The van der Waals surface area contributed by atoms with Gasteiger partial charge in [-0.15, -0.1) is 0 Å². The third-order valence-electron chi connectivity index (χ3n) is 5.47. The van der Waals surface area contributed by atoms with Gasteiger partial charge in [0.2, 0.25) is 5.91 Å². The van der Waals surface area contributed by atoms with Crippen LogP contribution in [0.15, 0.2) is 0 Å². The monoisotopic (exact) mass is 309 g/mol. The van der Waals surface area contributed by atoms with Crippen LogP contribution in [0.4, 0.5) is 0 Å². The molecule has 0 radical (unpaired) electrons. The maximum Gasteiger partial charge on any atom is 0.239 e. The molecule has 0 aliphatic carbocycles. The zero-order chi connectivity index (χ0) is 16.2. The van der Waals surface area contributed by atoms with Crippen molar-refractivity contribution in [3.05, 3.63) is 0 Å². The van der Waals surface area contributed by atoms with Crippen molar-refractivity contribution in [2.24, 2.45) is 11.3 Å². The molecule has 2 aliphatic heterocycles. The molecule has 0 saturated carbocycles. The van der Waals surface area contributed by atoms with Crippen LogP contribution in [0.1, 0.15) is 52.9 Å². The van der Waals surface area contributed by atoms with Crippen LogP contribution in [0, 0.1) is 11.3 Å². The fourth-order valence-corrected chi connectivity index (χ4v) is 4.04. The molecule has 2 heterocycles. The highest BCUT2D eigenvalue weighted by Gasteiger charge is 2.35. The van der Waals surface area contributed by atoms with Crippen molar-refractivity contribution < 1.29 is 4.79 Å². The minimum atomic E-state index is 0.00910. The summed E-state index contributed by atoms with van der Waals surface area (Å²) < 4.78 is 0. The van der Waals surface area contributed by atoms with Gasteiger partial charge in [-0.3, -0.25) is 4.79 Å². The molecule has 0 aromatic carbocycles. The number of nitrogens with zero attached hydrogens (tertiary/aromatic N) is 2. The van der Waals surface area contributed by atoms with Gasteiger partial charge in [0.25, 0.3) is 0 Å². The number of carbonyl (C=O) groups excluding carboxylic acids is 1. The first-order valence-corrected chi connectivity index (χ1v) is 9.13. The summed E-state index contributed by atoms with van der Waals surface area (Å²) in [5, 5.41) is 3.23. The van der Waals surface area contributed by atoms with Crippen LogP contribution in [0.5, 0.6) is 0 Å². The first-order valence-electron chi connectivity index (χ1n) is 9.13. The second-order valence-corrected chi connectivity index (χ2v) is 8.02. The number of likely N-dealkylation sites (tertiary alicyclic amines) is 2. The highest BCUT2D eigenvalue weighted by atomic mass is 16.2. The smallest absolute Gasteiger partial charge is 0.239 e. The van der Waals surface area contributed by atoms with E-state index in [0.717, 1.165) is 39.0 Å². The van der Waals surface area contributed by atoms with E-state index in [1.807, 2.05) is 7.05 Å². The Balaban J connectivity index is 2.05. The first kappa shape index (κ1) is 17.7. The Morgan fingerprint density at radius 3 is 2.73 bits per heavy atom. The highest BCUT2D eigenvalue weighted by Crippen LogP contribution is 2.30. The molecule has 0 spiro atoms. The number of amides is 1. The molecule has 2 aliphatic rings. The molecule has 1 amide bonds. The maximum atomic E-state index is 12.8. The van der Waals surface area contributed by atoms with E-state index in [0.29, 0.717) is 11.8 Å². The molecule has 128 valence electrons. The highest BCUT2D eigenvalue weighted by molar-refractivity contribution is 5.82. The molecule has 2 fully saturated rings. The van der Waals surface area contributed by atoms with Gasteiger partial charge in [-0.1, -0.05) is 27.2 Å². The quantitative estimate of drug-likeness (QED) is 0.866. The van der Waals surface area contributed by atoms with Crippen LogP contribution in [0.2, 0.25) is 0 Å². The van der Waals surface area contributed by atoms with Gasteiger partial charge in [0.1, 0.15) is 0 Å². The molecule has 0 aromatic heterocycles. The molecule has 1 N–H and O–H groups in total. The van der Waals surface area contributed by atoms with Crippen molar-refractivity contribution in [3.8, 4) is 0 Å². The Morgan fingerprint density at radius 2 is 2.05 bits per heavy atom. The zero-order valence-electron chi connectivity index (χ0n) is 15.0. The van der Waals surface area contributed by atoms with E-state index in [1.165, 1.54) is 25.8 Å². The van der Waals surface area contributed by atoms with Crippen LogP contribution in [0.3, 0.4) is 0 Å². The van der Waals surface area contributed by atoms with Crippen molar-refractivity contribution in [3.63, 3.8) is 0 Å². The lowest BCUT2D eigenvalue weighted by Gasteiger charge is -2.33. The van der Waals surface area contributed by atoms with Gasteiger partial charge in [0.05, 0.1) is 6.04 Å². The number of carbonyl (C=O) groups is 1. The summed E-state index contributed by atoms with van der Waals surface area (Å²) in [7, 11) is 1.92. The molecular formula is C18H35N3O. The van der Waals surface area contributed by atoms with E-state index in [-0.39, 0.29) is 11.5 Å². The molecule has 0 aromatic rings. The predicted octanol–water partition coefficient (Wildman–Crippen LogP) is 2.34. The lowest BCUT2D eigenvalue weighted by Crippen LogP contribution is -2.48. The number of likely N-dealkylation sites (N-methyl/N-ethyl adjacent to an activating group) is 1. The fraction of sp³-hybridized carbons (Fsp3) is 0.944. The van der Waals surface area contributed by atoms with E-state index in [9.17, 15) is 4.79 Å². The maximum absolute atomic E-state index is 12.8. The minimum Gasteiger partial charge on any atom is -0.340 e. The standard InChI is InChI=1S/C18H35N3O/c1-5-20-11-7-6-8-15(12-20)13-21-14-18(2,3)10-9-16(19-4)17(21)22/h15-16,19H,5-14H2,1-4H3. The molecule has 4 nitrogen and oxygen atoms in total. The fourth-order valence-electron chi connectivity index (χ4n) is 4.04. The Bertz CT molecular complexity index is 369. The zero-order valence-corrected chi connectivity index (χ0v) is 15.0. The third kappa shape index (κ3) is 4.69. The lowest BCUT2D eigenvalue weighted by atomic mass is 9.87. The molecule has 2 unspecified atom stereocenters. The van der Waals surface area contributed by atoms with Crippen LogP contribution in [-0.4, -0.2) is 61.5 Å². The van der Waals surface area contributed by atoms with Crippen LogP contribution in [-0.2, 0) is 4.79 Å². The van der Waals surface area contributed by atoms with Gasteiger partial charge in [-0.2, -0.15) is 0 Å². The van der Waals surface area contributed by atoms with Crippen LogP contribution in [0.25, 0.3) is 0 Å². The number of hydrogen-bond donors (Lipinski definition) is 1. The van der Waals surface area contributed by atoms with Gasteiger partial charge in [0.15, 0.2) is 0 Å². The van der Waals surface area contributed by atoms with Crippen molar-refractivity contribution in [1.29, 1.82) is 0 Å². The molecular weight excluding hydrogens is 274 g/mol. The Labute approximate surface area is 136 Å². The van der Waals surface area contributed by atoms with Gasteiger partial charge < -0.3 is 15.1 Å². The van der Waals surface area contributed by atoms with Crippen molar-refractivity contribution in [1.82, 2.24) is 15.1 Å². The Kier molecular flexibility index (Phi) is 6.27. The molecule has 2 rings (SSSR count). The van der Waals surface area contributed by atoms with Crippen molar-refractivity contribution >= 4 is 5.91 Å². The molecule has 2 saturated heterocycles. The van der Waals surface area contributed by atoms with E-state index < -0.39 is 0 Å². The van der Waals surface area contributed by atoms with E-state index >= 15 is 0 Å². The van der Waals surface area contributed by atoms with E-state index in [1.54, 1.807) is 0 Å². The van der Waals surface area contributed by atoms with E-state index in [2.05, 4.69) is 35.9 Å². The summed E-state index contributed by atoms with van der Waals surface area (Å²) in [6, 6.07) is 0.00910. The topological polar surface area (TPSA) is 35.6 Å². The molecule has 4 heteroatoms. The molecule has 2 atom stereocenters. The number of hydrogen-bond acceptors (Lipinski definition) is 3.